The van der Waals surface area contributed by atoms with Gasteiger partial charge in [0.15, 0.2) is 6.10 Å². The van der Waals surface area contributed by atoms with Gasteiger partial charge < -0.3 is 24.4 Å². The second kappa shape index (κ2) is 38.7. The first kappa shape index (κ1) is 51.4. The van der Waals surface area contributed by atoms with Crippen LogP contribution in [0.4, 0.5) is 0 Å². The Labute approximate surface area is 331 Å². The third-order valence-corrected chi connectivity index (χ3v) is 8.04. The van der Waals surface area contributed by atoms with Crippen molar-refractivity contribution in [3.63, 3.8) is 0 Å². The molecule has 308 valence electrons. The molecule has 0 saturated heterocycles. The number of hydrogen-bond donors (Lipinski definition) is 3. The van der Waals surface area contributed by atoms with Gasteiger partial charge in [-0.05, 0) is 83.5 Å². The Hall–Kier alpha value is -3.59. The molecule has 0 aromatic carbocycles. The van der Waals surface area contributed by atoms with E-state index in [4.69, 9.17) is 19.3 Å². The molecule has 0 fully saturated rings. The number of phosphoric acid groups is 1. The Balaban J connectivity index is 4.24. The zero-order valence-electron chi connectivity index (χ0n) is 33.4. The molecule has 0 saturated carbocycles. The highest BCUT2D eigenvalue weighted by molar-refractivity contribution is 7.46. The van der Waals surface area contributed by atoms with Crippen LogP contribution < -0.4 is 0 Å². The van der Waals surface area contributed by atoms with Gasteiger partial charge in [-0.2, -0.15) is 0 Å². The summed E-state index contributed by atoms with van der Waals surface area (Å²) in [6.45, 7) is 3.28. The Morgan fingerprint density at radius 3 is 1.64 bits per heavy atom. The van der Waals surface area contributed by atoms with Gasteiger partial charge in [0.05, 0.1) is 12.7 Å². The highest BCUT2D eigenvalue weighted by Crippen LogP contribution is 2.35. The lowest BCUT2D eigenvalue weighted by molar-refractivity contribution is -0.161. The molecular weight excluding hydrogens is 715 g/mol. The van der Waals surface area contributed by atoms with Gasteiger partial charge >= 0.3 is 19.8 Å². The van der Waals surface area contributed by atoms with Crippen LogP contribution in [0.5, 0.6) is 0 Å². The average molecular weight is 785 g/mol. The van der Waals surface area contributed by atoms with E-state index in [1.54, 1.807) is 6.08 Å². The zero-order valence-corrected chi connectivity index (χ0v) is 34.3. The molecule has 0 spiro atoms. The van der Waals surface area contributed by atoms with Crippen molar-refractivity contribution >= 4 is 19.8 Å². The second-order valence-electron chi connectivity index (χ2n) is 12.7. The SMILES string of the molecule is CC/C=C\C(O)C/C=C/C=C\C/C=C\C/C=C\CCCC(=O)O[C@H](COC(=O)CC/C=C\C/C=C\C/C=C\C/C=C\C/C=C\CCCCC)COP(=O)(O)O. The second-order valence-corrected chi connectivity index (χ2v) is 14.0. The minimum absolute atomic E-state index is 0.0923. The average Bonchev–Trinajstić information content (AvgIpc) is 3.15. The first-order valence-corrected chi connectivity index (χ1v) is 21.5. The molecule has 0 heterocycles. The van der Waals surface area contributed by atoms with Crippen molar-refractivity contribution in [2.75, 3.05) is 13.2 Å². The summed E-state index contributed by atoms with van der Waals surface area (Å²) in [5.74, 6) is -1.09. The number of ether oxygens (including phenoxy) is 2. The monoisotopic (exact) mass is 784 g/mol. The molecule has 9 nitrogen and oxygen atoms in total. The van der Waals surface area contributed by atoms with Crippen LogP contribution in [0, 0.1) is 0 Å². The van der Waals surface area contributed by atoms with Crippen molar-refractivity contribution in [3.8, 4) is 0 Å². The molecule has 0 aliphatic heterocycles. The van der Waals surface area contributed by atoms with Crippen LogP contribution in [0.25, 0.3) is 0 Å². The summed E-state index contributed by atoms with van der Waals surface area (Å²) < 4.78 is 26.2. The van der Waals surface area contributed by atoms with E-state index >= 15 is 0 Å². The molecule has 0 bridgehead atoms. The molecule has 0 radical (unpaired) electrons. The molecule has 3 N–H and O–H groups in total. The summed E-state index contributed by atoms with van der Waals surface area (Å²) >= 11 is 0. The fourth-order valence-electron chi connectivity index (χ4n) is 4.59. The van der Waals surface area contributed by atoms with E-state index in [0.29, 0.717) is 25.7 Å². The van der Waals surface area contributed by atoms with Crippen LogP contribution in [0.2, 0.25) is 0 Å². The number of rotatable bonds is 34. The number of hydrogen-bond acceptors (Lipinski definition) is 7. The normalized spacial score (nSPS) is 14.3. The number of aliphatic hydroxyl groups excluding tert-OH is 1. The summed E-state index contributed by atoms with van der Waals surface area (Å²) in [6, 6.07) is 0. The highest BCUT2D eigenvalue weighted by atomic mass is 31.2. The largest absolute Gasteiger partial charge is 0.469 e. The number of esters is 2. The van der Waals surface area contributed by atoms with Crippen molar-refractivity contribution in [1.82, 2.24) is 0 Å². The molecule has 1 unspecified atom stereocenters. The van der Waals surface area contributed by atoms with Crippen molar-refractivity contribution < 1.29 is 43.0 Å². The quantitative estimate of drug-likeness (QED) is 0.0191. The molecule has 0 aliphatic rings. The molecule has 0 aliphatic carbocycles. The van der Waals surface area contributed by atoms with E-state index < -0.39 is 38.6 Å². The third-order valence-electron chi connectivity index (χ3n) is 7.55. The molecule has 0 aromatic rings. The Bertz CT molecular complexity index is 1310. The van der Waals surface area contributed by atoms with Crippen LogP contribution in [0.3, 0.4) is 0 Å². The smallest absolute Gasteiger partial charge is 0.462 e. The van der Waals surface area contributed by atoms with E-state index in [0.717, 1.165) is 44.9 Å². The van der Waals surface area contributed by atoms with Gasteiger partial charge in [-0.3, -0.25) is 14.1 Å². The standard InChI is InChI=1S/C45H69O9P/c1-3-5-7-8-9-10-11-12-13-14-15-16-17-18-22-25-28-31-34-38-44(47)52-40-43(41-53-55(49,50)51)54-45(48)39-35-32-29-26-23-20-19-21-24-27-30-33-37-42(46)36-6-4-2/h6,9-10,12-13,15-16,18-20,22,24,26-31,33,36,42-43,46H,3-5,7-8,11,14,17,21,23,25,32,34-35,37-41H2,1-2H3,(H2,49,50,51)/b10-9-,13-12-,16-15-,20-19-,22-18-,27-24-,29-26-,31-28-,33-30+,36-6-/t42?,43-/m1/s1. The number of carbonyl (C=O) groups excluding carboxylic acids is 2. The lowest BCUT2D eigenvalue weighted by Crippen LogP contribution is -2.29. The zero-order chi connectivity index (χ0) is 40.5. The predicted octanol–water partition coefficient (Wildman–Crippen LogP) is 11.1. The third kappa shape index (κ3) is 41.4. The van der Waals surface area contributed by atoms with Crippen LogP contribution >= 0.6 is 7.82 Å². The van der Waals surface area contributed by atoms with Gasteiger partial charge in [-0.15, -0.1) is 0 Å². The van der Waals surface area contributed by atoms with Crippen LogP contribution in [0.15, 0.2) is 122 Å². The van der Waals surface area contributed by atoms with E-state index in [1.165, 1.54) is 25.7 Å². The van der Waals surface area contributed by atoms with Gasteiger partial charge in [0.1, 0.15) is 6.61 Å². The van der Waals surface area contributed by atoms with Gasteiger partial charge in [0.2, 0.25) is 0 Å². The Morgan fingerprint density at radius 2 is 1.09 bits per heavy atom. The van der Waals surface area contributed by atoms with Crippen molar-refractivity contribution in [3.05, 3.63) is 122 Å². The summed E-state index contributed by atoms with van der Waals surface area (Å²) in [7, 11) is -4.80. The summed E-state index contributed by atoms with van der Waals surface area (Å²) in [6.07, 6.45) is 52.8. The van der Waals surface area contributed by atoms with Crippen LogP contribution in [-0.2, 0) is 28.2 Å². The predicted molar refractivity (Wildman–Crippen MR) is 226 cm³/mol. The van der Waals surface area contributed by atoms with E-state index in [9.17, 15) is 19.3 Å². The fourth-order valence-corrected chi connectivity index (χ4v) is 4.95. The minimum atomic E-state index is -4.80. The molecular formula is C45H69O9P. The molecule has 2 atom stereocenters. The van der Waals surface area contributed by atoms with Crippen LogP contribution in [-0.4, -0.2) is 52.3 Å². The van der Waals surface area contributed by atoms with E-state index in [2.05, 4.69) is 72.2 Å². The lowest BCUT2D eigenvalue weighted by Gasteiger charge is -2.18. The Morgan fingerprint density at radius 1 is 0.582 bits per heavy atom. The van der Waals surface area contributed by atoms with Gasteiger partial charge in [0.25, 0.3) is 0 Å². The summed E-state index contributed by atoms with van der Waals surface area (Å²) in [4.78, 5) is 42.7. The number of aliphatic hydroxyl groups is 1. The summed E-state index contributed by atoms with van der Waals surface area (Å²) in [5.41, 5.74) is 0. The molecule has 0 amide bonds. The molecule has 0 aromatic heterocycles. The minimum Gasteiger partial charge on any atom is -0.462 e. The number of phosphoric ester groups is 1. The maximum atomic E-state index is 12.4. The molecule has 10 heteroatoms. The van der Waals surface area contributed by atoms with Crippen molar-refractivity contribution in [1.29, 1.82) is 0 Å². The summed E-state index contributed by atoms with van der Waals surface area (Å²) in [5, 5.41) is 9.74. The number of unbranched alkanes of at least 4 members (excludes halogenated alkanes) is 4. The van der Waals surface area contributed by atoms with Gasteiger partial charge in [0, 0.05) is 12.8 Å². The first-order chi connectivity index (χ1) is 26.7. The topological polar surface area (TPSA) is 140 Å². The number of carbonyl (C=O) groups is 2. The van der Waals surface area contributed by atoms with Crippen molar-refractivity contribution in [2.24, 2.45) is 0 Å². The molecule has 0 rings (SSSR count). The highest BCUT2D eigenvalue weighted by Gasteiger charge is 2.22. The van der Waals surface area contributed by atoms with Gasteiger partial charge in [-0.1, -0.05) is 148 Å². The number of allylic oxidation sites excluding steroid dienone is 18. The maximum Gasteiger partial charge on any atom is 0.469 e. The van der Waals surface area contributed by atoms with Gasteiger partial charge in [-0.25, -0.2) is 4.57 Å². The lowest BCUT2D eigenvalue weighted by atomic mass is 10.2. The maximum absolute atomic E-state index is 12.4. The van der Waals surface area contributed by atoms with E-state index in [1.807, 2.05) is 61.6 Å². The van der Waals surface area contributed by atoms with E-state index in [-0.39, 0.29) is 19.4 Å². The fraction of sp³-hybridized carbons (Fsp3) is 0.511. The van der Waals surface area contributed by atoms with Crippen molar-refractivity contribution in [2.45, 2.75) is 135 Å². The van der Waals surface area contributed by atoms with Crippen LogP contribution in [0.1, 0.15) is 123 Å². The molecule has 55 heavy (non-hydrogen) atoms. The Kier molecular flexibility index (Phi) is 36.2. The first-order valence-electron chi connectivity index (χ1n) is 19.9.